The van der Waals surface area contributed by atoms with Crippen molar-refractivity contribution in [1.29, 1.82) is 0 Å². The van der Waals surface area contributed by atoms with Crippen LogP contribution in [-0.2, 0) is 4.74 Å². The molecule has 112 valence electrons. The van der Waals surface area contributed by atoms with Gasteiger partial charge in [-0.15, -0.1) is 0 Å². The quantitative estimate of drug-likeness (QED) is 0.766. The van der Waals surface area contributed by atoms with Crippen LogP contribution in [0.2, 0.25) is 0 Å². The van der Waals surface area contributed by atoms with Crippen LogP contribution in [-0.4, -0.2) is 52.0 Å². The molecule has 0 amide bonds. The monoisotopic (exact) mass is 280 g/mol. The SMILES string of the molecule is COCCCN(C)CC(N)c1ccc2c(c1)OCCO2. The smallest absolute Gasteiger partial charge is 0.161 e. The molecule has 0 aliphatic carbocycles. The fourth-order valence-corrected chi connectivity index (χ4v) is 2.30. The Morgan fingerprint density at radius 3 is 2.80 bits per heavy atom. The van der Waals surface area contributed by atoms with Gasteiger partial charge in [-0.25, -0.2) is 0 Å². The van der Waals surface area contributed by atoms with E-state index in [1.165, 1.54) is 0 Å². The van der Waals surface area contributed by atoms with Crippen LogP contribution in [0.25, 0.3) is 0 Å². The minimum Gasteiger partial charge on any atom is -0.486 e. The van der Waals surface area contributed by atoms with E-state index in [2.05, 4.69) is 11.9 Å². The highest BCUT2D eigenvalue weighted by Crippen LogP contribution is 2.32. The highest BCUT2D eigenvalue weighted by Gasteiger charge is 2.15. The zero-order valence-electron chi connectivity index (χ0n) is 12.3. The third kappa shape index (κ3) is 4.10. The molecule has 0 radical (unpaired) electrons. The predicted molar refractivity (Wildman–Crippen MR) is 78.4 cm³/mol. The maximum atomic E-state index is 6.26. The summed E-state index contributed by atoms with van der Waals surface area (Å²) < 4.78 is 16.2. The van der Waals surface area contributed by atoms with Crippen LogP contribution in [0.3, 0.4) is 0 Å². The summed E-state index contributed by atoms with van der Waals surface area (Å²) in [5.41, 5.74) is 7.34. The summed E-state index contributed by atoms with van der Waals surface area (Å²) in [6.07, 6.45) is 1.01. The lowest BCUT2D eigenvalue weighted by Crippen LogP contribution is -2.30. The van der Waals surface area contributed by atoms with Crippen molar-refractivity contribution in [1.82, 2.24) is 4.90 Å². The van der Waals surface area contributed by atoms with E-state index in [0.717, 1.165) is 43.2 Å². The first-order valence-corrected chi connectivity index (χ1v) is 7.03. The minimum absolute atomic E-state index is 0.0293. The van der Waals surface area contributed by atoms with Crippen molar-refractivity contribution in [2.75, 3.05) is 47.1 Å². The maximum Gasteiger partial charge on any atom is 0.161 e. The third-order valence-corrected chi connectivity index (χ3v) is 3.39. The van der Waals surface area contributed by atoms with Gasteiger partial charge in [0.2, 0.25) is 0 Å². The molecule has 1 aromatic rings. The summed E-state index contributed by atoms with van der Waals surface area (Å²) in [6.45, 7) is 3.78. The van der Waals surface area contributed by atoms with Crippen molar-refractivity contribution in [3.05, 3.63) is 23.8 Å². The molecule has 1 aliphatic heterocycles. The number of nitrogens with zero attached hydrogens (tertiary/aromatic N) is 1. The number of hydrogen-bond acceptors (Lipinski definition) is 5. The van der Waals surface area contributed by atoms with Crippen LogP contribution < -0.4 is 15.2 Å². The van der Waals surface area contributed by atoms with Crippen LogP contribution in [0.15, 0.2) is 18.2 Å². The summed E-state index contributed by atoms with van der Waals surface area (Å²) in [4.78, 5) is 2.22. The first-order chi connectivity index (χ1) is 9.70. The predicted octanol–water partition coefficient (Wildman–Crippen LogP) is 1.43. The molecule has 0 saturated heterocycles. The fraction of sp³-hybridized carbons (Fsp3) is 0.600. The molecule has 2 N–H and O–H groups in total. The molecule has 5 nitrogen and oxygen atoms in total. The van der Waals surface area contributed by atoms with Crippen LogP contribution in [0.4, 0.5) is 0 Å². The molecule has 0 saturated carbocycles. The van der Waals surface area contributed by atoms with E-state index in [-0.39, 0.29) is 6.04 Å². The second kappa shape index (κ2) is 7.47. The topological polar surface area (TPSA) is 57.0 Å². The molecule has 1 aromatic carbocycles. The lowest BCUT2D eigenvalue weighted by atomic mass is 10.1. The van der Waals surface area contributed by atoms with Gasteiger partial charge in [-0.1, -0.05) is 6.07 Å². The number of fused-ring (bicyclic) bond motifs is 1. The second-order valence-corrected chi connectivity index (χ2v) is 5.12. The van der Waals surface area contributed by atoms with Gasteiger partial charge in [-0.3, -0.25) is 0 Å². The highest BCUT2D eigenvalue weighted by atomic mass is 16.6. The van der Waals surface area contributed by atoms with Gasteiger partial charge in [-0.05, 0) is 31.2 Å². The Balaban J connectivity index is 1.90. The van der Waals surface area contributed by atoms with E-state index in [9.17, 15) is 0 Å². The van der Waals surface area contributed by atoms with Crippen molar-refractivity contribution >= 4 is 0 Å². The molecule has 5 heteroatoms. The number of hydrogen-bond donors (Lipinski definition) is 1. The van der Waals surface area contributed by atoms with Crippen molar-refractivity contribution in [2.24, 2.45) is 5.73 Å². The molecule has 0 bridgehead atoms. The Labute approximate surface area is 120 Å². The van der Waals surface area contributed by atoms with E-state index in [4.69, 9.17) is 19.9 Å². The van der Waals surface area contributed by atoms with Gasteiger partial charge in [0.25, 0.3) is 0 Å². The Morgan fingerprint density at radius 2 is 2.05 bits per heavy atom. The van der Waals surface area contributed by atoms with Crippen LogP contribution >= 0.6 is 0 Å². The van der Waals surface area contributed by atoms with Gasteiger partial charge in [0.05, 0.1) is 0 Å². The maximum absolute atomic E-state index is 6.26. The number of nitrogens with two attached hydrogens (primary N) is 1. The largest absolute Gasteiger partial charge is 0.486 e. The van der Waals surface area contributed by atoms with Gasteiger partial charge < -0.3 is 24.8 Å². The van der Waals surface area contributed by atoms with E-state index in [1.807, 2.05) is 18.2 Å². The van der Waals surface area contributed by atoms with Crippen LogP contribution in [0, 0.1) is 0 Å². The molecular formula is C15H24N2O3. The zero-order chi connectivity index (χ0) is 14.4. The number of ether oxygens (including phenoxy) is 3. The van der Waals surface area contributed by atoms with Crippen molar-refractivity contribution in [2.45, 2.75) is 12.5 Å². The van der Waals surface area contributed by atoms with Gasteiger partial charge in [0, 0.05) is 32.8 Å². The number of rotatable bonds is 7. The molecule has 20 heavy (non-hydrogen) atoms. The zero-order valence-corrected chi connectivity index (χ0v) is 12.3. The summed E-state index contributed by atoms with van der Waals surface area (Å²) in [5, 5.41) is 0. The van der Waals surface area contributed by atoms with E-state index < -0.39 is 0 Å². The molecule has 1 heterocycles. The standard InChI is InChI=1S/C15H24N2O3/c1-17(6-3-7-18-2)11-13(16)12-4-5-14-15(10-12)20-9-8-19-14/h4-5,10,13H,3,6-9,11,16H2,1-2H3. The lowest BCUT2D eigenvalue weighted by molar-refractivity contribution is 0.171. The summed E-state index contributed by atoms with van der Waals surface area (Å²) >= 11 is 0. The van der Waals surface area contributed by atoms with Crippen molar-refractivity contribution < 1.29 is 14.2 Å². The average molecular weight is 280 g/mol. The number of likely N-dealkylation sites (N-methyl/N-ethyl adjacent to an activating group) is 1. The number of methoxy groups -OCH3 is 1. The molecular weight excluding hydrogens is 256 g/mol. The second-order valence-electron chi connectivity index (χ2n) is 5.12. The van der Waals surface area contributed by atoms with Gasteiger partial charge in [0.15, 0.2) is 11.5 Å². The van der Waals surface area contributed by atoms with Gasteiger partial charge in [0.1, 0.15) is 13.2 Å². The summed E-state index contributed by atoms with van der Waals surface area (Å²) in [5.74, 6) is 1.60. The molecule has 0 spiro atoms. The van der Waals surface area contributed by atoms with Gasteiger partial charge in [-0.2, -0.15) is 0 Å². The number of benzene rings is 1. The summed E-state index contributed by atoms with van der Waals surface area (Å²) in [7, 11) is 3.80. The highest BCUT2D eigenvalue weighted by molar-refractivity contribution is 5.44. The molecule has 1 atom stereocenters. The third-order valence-electron chi connectivity index (χ3n) is 3.39. The summed E-state index contributed by atoms with van der Waals surface area (Å²) in [6, 6.07) is 5.91. The van der Waals surface area contributed by atoms with Crippen molar-refractivity contribution in [3.8, 4) is 11.5 Å². The van der Waals surface area contributed by atoms with E-state index in [0.29, 0.717) is 13.2 Å². The Morgan fingerprint density at radius 1 is 1.30 bits per heavy atom. The Bertz CT molecular complexity index is 426. The minimum atomic E-state index is -0.0293. The lowest BCUT2D eigenvalue weighted by Gasteiger charge is -2.23. The molecule has 0 aromatic heterocycles. The molecule has 1 aliphatic rings. The molecule has 2 rings (SSSR count). The Kier molecular flexibility index (Phi) is 5.64. The van der Waals surface area contributed by atoms with E-state index >= 15 is 0 Å². The van der Waals surface area contributed by atoms with Crippen LogP contribution in [0.5, 0.6) is 11.5 Å². The van der Waals surface area contributed by atoms with Gasteiger partial charge >= 0.3 is 0 Å². The average Bonchev–Trinajstić information content (AvgIpc) is 2.47. The normalized spacial score (nSPS) is 15.4. The van der Waals surface area contributed by atoms with E-state index in [1.54, 1.807) is 7.11 Å². The first kappa shape index (κ1) is 15.1. The Hall–Kier alpha value is -1.30. The fourth-order valence-electron chi connectivity index (χ4n) is 2.30. The van der Waals surface area contributed by atoms with Crippen LogP contribution in [0.1, 0.15) is 18.0 Å². The first-order valence-electron chi connectivity index (χ1n) is 7.03. The van der Waals surface area contributed by atoms with Crippen molar-refractivity contribution in [3.63, 3.8) is 0 Å². The molecule has 0 fully saturated rings. The molecule has 1 unspecified atom stereocenters.